The van der Waals surface area contributed by atoms with Crippen LogP contribution >= 0.6 is 0 Å². The monoisotopic (exact) mass is 572 g/mol. The van der Waals surface area contributed by atoms with Gasteiger partial charge in [-0.1, -0.05) is 36.4 Å². The maximum absolute atomic E-state index is 12.7. The summed E-state index contributed by atoms with van der Waals surface area (Å²) in [7, 11) is 1.62. The van der Waals surface area contributed by atoms with Crippen LogP contribution in [0.15, 0.2) is 103 Å². The van der Waals surface area contributed by atoms with Gasteiger partial charge in [0, 0.05) is 61.4 Å². The molecule has 43 heavy (non-hydrogen) atoms. The smallest absolute Gasteiger partial charge is 0.255 e. The quantitative estimate of drug-likeness (QED) is 0.208. The van der Waals surface area contributed by atoms with Crippen molar-refractivity contribution in [3.63, 3.8) is 0 Å². The molecule has 218 valence electrons. The first-order valence-corrected chi connectivity index (χ1v) is 14.7. The molecule has 1 N–H and O–H groups in total. The number of aromatic nitrogens is 1. The van der Waals surface area contributed by atoms with Crippen LogP contribution in [0.4, 0.5) is 11.4 Å². The zero-order valence-corrected chi connectivity index (χ0v) is 24.6. The minimum absolute atomic E-state index is 0.127. The van der Waals surface area contributed by atoms with Crippen molar-refractivity contribution in [1.82, 2.24) is 9.88 Å². The Hall–Kier alpha value is -4.88. The number of carbonyl (C=O) groups is 1. The van der Waals surface area contributed by atoms with Crippen molar-refractivity contribution in [2.24, 2.45) is 0 Å². The molecule has 7 nitrogen and oxygen atoms in total. The third kappa shape index (κ3) is 6.47. The fourth-order valence-corrected chi connectivity index (χ4v) is 5.67. The Bertz CT molecular complexity index is 1690. The van der Waals surface area contributed by atoms with Crippen LogP contribution in [0.5, 0.6) is 11.5 Å². The van der Waals surface area contributed by atoms with Crippen LogP contribution in [0.2, 0.25) is 0 Å². The molecule has 1 aliphatic heterocycles. The van der Waals surface area contributed by atoms with Crippen molar-refractivity contribution in [3.8, 4) is 22.6 Å². The molecule has 0 atom stereocenters. The van der Waals surface area contributed by atoms with Gasteiger partial charge in [-0.2, -0.15) is 0 Å². The molecule has 1 amide bonds. The number of nitrogens with one attached hydrogen (secondary N) is 1. The summed E-state index contributed by atoms with van der Waals surface area (Å²) < 4.78 is 10.9. The molecule has 0 saturated carbocycles. The van der Waals surface area contributed by atoms with E-state index in [0.717, 1.165) is 61.2 Å². The molecule has 1 aliphatic rings. The topological polar surface area (TPSA) is 66.9 Å². The Morgan fingerprint density at radius 1 is 0.837 bits per heavy atom. The summed E-state index contributed by atoms with van der Waals surface area (Å²) in [4.78, 5) is 22.1. The number of ether oxygens (including phenoxy) is 2. The van der Waals surface area contributed by atoms with E-state index < -0.39 is 0 Å². The average Bonchev–Trinajstić information content (AvgIpc) is 3.06. The van der Waals surface area contributed by atoms with Gasteiger partial charge >= 0.3 is 0 Å². The molecule has 1 saturated heterocycles. The van der Waals surface area contributed by atoms with Crippen LogP contribution in [-0.4, -0.2) is 55.7 Å². The molecule has 0 spiro atoms. The van der Waals surface area contributed by atoms with E-state index in [0.29, 0.717) is 12.2 Å². The Morgan fingerprint density at radius 2 is 1.58 bits per heavy atom. The van der Waals surface area contributed by atoms with Crippen molar-refractivity contribution < 1.29 is 14.3 Å². The molecule has 0 radical (unpaired) electrons. The van der Waals surface area contributed by atoms with Crippen molar-refractivity contribution in [2.75, 3.05) is 50.1 Å². The molecule has 0 aliphatic carbocycles. The van der Waals surface area contributed by atoms with E-state index in [4.69, 9.17) is 9.47 Å². The first-order chi connectivity index (χ1) is 21.1. The second-order valence-electron chi connectivity index (χ2n) is 10.7. The number of carbonyl (C=O) groups excluding carboxylic acids is 1. The lowest BCUT2D eigenvalue weighted by molar-refractivity contribution is 0.102. The Balaban J connectivity index is 1.09. The molecule has 1 fully saturated rings. The first-order valence-electron chi connectivity index (χ1n) is 14.7. The van der Waals surface area contributed by atoms with Gasteiger partial charge in [-0.05, 0) is 83.4 Å². The Labute approximate surface area is 252 Å². The van der Waals surface area contributed by atoms with Crippen LogP contribution in [0.25, 0.3) is 21.9 Å². The predicted octanol–water partition coefficient (Wildman–Crippen LogP) is 6.88. The van der Waals surface area contributed by atoms with Gasteiger partial charge in [0.15, 0.2) is 0 Å². The number of pyridine rings is 1. The average molecular weight is 573 g/mol. The van der Waals surface area contributed by atoms with Gasteiger partial charge in [0.1, 0.15) is 11.5 Å². The van der Waals surface area contributed by atoms with Gasteiger partial charge in [-0.3, -0.25) is 14.7 Å². The number of benzene rings is 4. The van der Waals surface area contributed by atoms with Crippen molar-refractivity contribution >= 4 is 28.1 Å². The lowest BCUT2D eigenvalue weighted by atomic mass is 9.95. The number of methoxy groups -OCH3 is 1. The molecule has 0 bridgehead atoms. The molecule has 2 heterocycles. The lowest BCUT2D eigenvalue weighted by Gasteiger charge is -2.36. The van der Waals surface area contributed by atoms with E-state index in [1.165, 1.54) is 21.9 Å². The van der Waals surface area contributed by atoms with Crippen molar-refractivity contribution in [1.29, 1.82) is 0 Å². The fourth-order valence-electron chi connectivity index (χ4n) is 5.67. The number of anilines is 2. The van der Waals surface area contributed by atoms with Crippen molar-refractivity contribution in [2.45, 2.75) is 13.5 Å². The maximum atomic E-state index is 12.7. The molecule has 7 heteroatoms. The van der Waals surface area contributed by atoms with Gasteiger partial charge in [-0.25, -0.2) is 0 Å². The van der Waals surface area contributed by atoms with Gasteiger partial charge in [0.05, 0.1) is 19.9 Å². The van der Waals surface area contributed by atoms with Crippen LogP contribution in [-0.2, 0) is 6.54 Å². The molecule has 4 aromatic carbocycles. The van der Waals surface area contributed by atoms with Crippen LogP contribution < -0.4 is 19.7 Å². The summed E-state index contributed by atoms with van der Waals surface area (Å²) in [5, 5.41) is 5.44. The Kier molecular flexibility index (Phi) is 8.52. The summed E-state index contributed by atoms with van der Waals surface area (Å²) in [6, 6.07) is 30.4. The number of piperazine rings is 1. The molecular formula is C36H36N4O3. The number of hydrogen-bond acceptors (Lipinski definition) is 6. The third-order valence-electron chi connectivity index (χ3n) is 7.96. The van der Waals surface area contributed by atoms with E-state index in [1.807, 2.05) is 61.7 Å². The van der Waals surface area contributed by atoms with Crippen LogP contribution in [0, 0.1) is 0 Å². The standard InChI is InChI=1S/C36H36N4O3/c1-3-43-32-22-28(23-37-24-32)34-17-10-27(33-6-4-5-7-35(33)34)25-39-18-20-40(21-19-39)30-13-8-26(9-14-30)36(41)38-29-11-15-31(42-2)16-12-29/h4-17,22-24H,3,18-21,25H2,1-2H3,(H,38,41). The zero-order chi connectivity index (χ0) is 29.6. The molecular weight excluding hydrogens is 536 g/mol. The second kappa shape index (κ2) is 13.0. The van der Waals surface area contributed by atoms with E-state index in [2.05, 4.69) is 62.6 Å². The summed E-state index contributed by atoms with van der Waals surface area (Å²) in [6.07, 6.45) is 3.67. The minimum atomic E-state index is -0.127. The summed E-state index contributed by atoms with van der Waals surface area (Å²) in [5.41, 5.74) is 6.06. The zero-order valence-electron chi connectivity index (χ0n) is 24.6. The summed E-state index contributed by atoms with van der Waals surface area (Å²) >= 11 is 0. The first kappa shape index (κ1) is 28.2. The van der Waals surface area contributed by atoms with Crippen LogP contribution in [0.3, 0.4) is 0 Å². The highest BCUT2D eigenvalue weighted by Gasteiger charge is 2.19. The third-order valence-corrected chi connectivity index (χ3v) is 7.96. The van der Waals surface area contributed by atoms with E-state index in [1.54, 1.807) is 13.3 Å². The second-order valence-corrected chi connectivity index (χ2v) is 10.7. The van der Waals surface area contributed by atoms with Crippen molar-refractivity contribution in [3.05, 3.63) is 115 Å². The number of nitrogens with zero attached hydrogens (tertiary/aromatic N) is 3. The largest absolute Gasteiger partial charge is 0.497 e. The maximum Gasteiger partial charge on any atom is 0.255 e. The lowest BCUT2D eigenvalue weighted by Crippen LogP contribution is -2.46. The number of fused-ring (bicyclic) bond motifs is 1. The molecule has 1 aromatic heterocycles. The molecule has 0 unspecified atom stereocenters. The van der Waals surface area contributed by atoms with E-state index in [-0.39, 0.29) is 5.91 Å². The highest BCUT2D eigenvalue weighted by Crippen LogP contribution is 2.33. The number of amides is 1. The fraction of sp³-hybridized carbons (Fsp3) is 0.222. The van der Waals surface area contributed by atoms with Gasteiger partial charge in [0.25, 0.3) is 5.91 Å². The SMILES string of the molecule is CCOc1cncc(-c2ccc(CN3CCN(c4ccc(C(=O)Nc5ccc(OC)cc5)cc4)CC3)c3ccccc23)c1. The number of rotatable bonds is 9. The van der Waals surface area contributed by atoms with E-state index >= 15 is 0 Å². The normalized spacial score (nSPS) is 13.6. The van der Waals surface area contributed by atoms with Gasteiger partial charge < -0.3 is 19.7 Å². The van der Waals surface area contributed by atoms with Gasteiger partial charge in [0.2, 0.25) is 0 Å². The van der Waals surface area contributed by atoms with E-state index in [9.17, 15) is 4.79 Å². The number of hydrogen-bond donors (Lipinski definition) is 1. The summed E-state index contributed by atoms with van der Waals surface area (Å²) in [5.74, 6) is 1.42. The Morgan fingerprint density at radius 3 is 2.30 bits per heavy atom. The highest BCUT2D eigenvalue weighted by molar-refractivity contribution is 6.04. The van der Waals surface area contributed by atoms with Crippen LogP contribution in [0.1, 0.15) is 22.8 Å². The minimum Gasteiger partial charge on any atom is -0.497 e. The summed E-state index contributed by atoms with van der Waals surface area (Å²) in [6.45, 7) is 7.31. The predicted molar refractivity (Wildman–Crippen MR) is 173 cm³/mol. The highest BCUT2D eigenvalue weighted by atomic mass is 16.5. The molecule has 5 aromatic rings. The molecule has 6 rings (SSSR count). The van der Waals surface area contributed by atoms with Gasteiger partial charge in [-0.15, -0.1) is 0 Å².